The van der Waals surface area contributed by atoms with Crippen molar-refractivity contribution in [3.05, 3.63) is 86.1 Å². The Morgan fingerprint density at radius 2 is 1.97 bits per heavy atom. The summed E-state index contributed by atoms with van der Waals surface area (Å²) in [4.78, 5) is 33.3. The van der Waals surface area contributed by atoms with Crippen molar-refractivity contribution in [3.63, 3.8) is 0 Å². The van der Waals surface area contributed by atoms with Crippen LogP contribution in [0.15, 0.2) is 47.8 Å². The zero-order chi connectivity index (χ0) is 23.4. The summed E-state index contributed by atoms with van der Waals surface area (Å²) in [6, 6.07) is 12.0. The third-order valence-electron chi connectivity index (χ3n) is 5.89. The minimum atomic E-state index is -0.614. The van der Waals surface area contributed by atoms with E-state index in [1.807, 2.05) is 30.5 Å². The molecule has 1 aliphatic heterocycles. The molecule has 0 aliphatic carbocycles. The number of thiophene rings is 1. The molecule has 0 radical (unpaired) electrons. The third-order valence-corrected chi connectivity index (χ3v) is 7.14. The number of benzene rings is 1. The number of amides is 2. The highest BCUT2D eigenvalue weighted by Gasteiger charge is 2.30. The van der Waals surface area contributed by atoms with Crippen LogP contribution in [-0.2, 0) is 6.42 Å². The zero-order valence-corrected chi connectivity index (χ0v) is 19.9. The highest BCUT2D eigenvalue weighted by Crippen LogP contribution is 2.31. The van der Waals surface area contributed by atoms with Crippen LogP contribution in [0.2, 0.25) is 5.02 Å². The summed E-state index contributed by atoms with van der Waals surface area (Å²) in [7, 11) is 0. The van der Waals surface area contributed by atoms with Gasteiger partial charge in [0.1, 0.15) is 5.82 Å². The molecule has 1 aromatic carbocycles. The largest absolute Gasteiger partial charge is 0.352 e. The molecule has 8 heteroatoms. The quantitative estimate of drug-likeness (QED) is 0.519. The van der Waals surface area contributed by atoms with E-state index in [4.69, 9.17) is 11.6 Å². The van der Waals surface area contributed by atoms with Gasteiger partial charge in [0.15, 0.2) is 0 Å². The smallest absolute Gasteiger partial charge is 0.258 e. The number of pyridine rings is 1. The van der Waals surface area contributed by atoms with E-state index in [-0.39, 0.29) is 22.4 Å². The minimum Gasteiger partial charge on any atom is -0.352 e. The van der Waals surface area contributed by atoms with Crippen LogP contribution in [0.25, 0.3) is 0 Å². The molecule has 172 valence electrons. The van der Waals surface area contributed by atoms with Gasteiger partial charge in [-0.15, -0.1) is 11.3 Å². The van der Waals surface area contributed by atoms with E-state index in [0.29, 0.717) is 38.0 Å². The molecular weight excluding hydrogens is 461 g/mol. The molecule has 4 rings (SSSR count). The summed E-state index contributed by atoms with van der Waals surface area (Å²) in [5.74, 6) is -1.11. The number of carbonyl (C=O) groups excluding carboxylic acids is 2. The van der Waals surface area contributed by atoms with Crippen molar-refractivity contribution in [3.8, 4) is 0 Å². The van der Waals surface area contributed by atoms with Gasteiger partial charge in [-0.2, -0.15) is 0 Å². The van der Waals surface area contributed by atoms with Crippen molar-refractivity contribution in [1.29, 1.82) is 0 Å². The van der Waals surface area contributed by atoms with E-state index in [0.717, 1.165) is 17.8 Å². The predicted octanol–water partition coefficient (Wildman–Crippen LogP) is 5.24. The first-order chi connectivity index (χ1) is 15.9. The Morgan fingerprint density at radius 3 is 2.67 bits per heavy atom. The number of piperidine rings is 1. The van der Waals surface area contributed by atoms with Gasteiger partial charge in [-0.05, 0) is 61.9 Å². The summed E-state index contributed by atoms with van der Waals surface area (Å²) in [5.41, 5.74) is 2.10. The van der Waals surface area contributed by atoms with Gasteiger partial charge in [-0.1, -0.05) is 23.7 Å². The molecule has 0 bridgehead atoms. The van der Waals surface area contributed by atoms with Gasteiger partial charge in [0.25, 0.3) is 11.8 Å². The van der Waals surface area contributed by atoms with Crippen molar-refractivity contribution in [1.82, 2.24) is 15.2 Å². The Labute approximate surface area is 201 Å². The lowest BCUT2D eigenvalue weighted by atomic mass is 9.89. The van der Waals surface area contributed by atoms with Gasteiger partial charge in [-0.25, -0.2) is 4.39 Å². The summed E-state index contributed by atoms with van der Waals surface area (Å²) in [5, 5.41) is 5.14. The Bertz CT molecular complexity index is 1120. The van der Waals surface area contributed by atoms with E-state index in [1.54, 1.807) is 16.2 Å². The molecular formula is C25H25ClFN3O2S. The van der Waals surface area contributed by atoms with Crippen LogP contribution >= 0.6 is 22.9 Å². The lowest BCUT2D eigenvalue weighted by Gasteiger charge is -2.32. The van der Waals surface area contributed by atoms with Gasteiger partial charge in [-0.3, -0.25) is 14.6 Å². The van der Waals surface area contributed by atoms with Crippen molar-refractivity contribution >= 4 is 34.8 Å². The number of hydrogen-bond acceptors (Lipinski definition) is 4. The molecule has 1 fully saturated rings. The van der Waals surface area contributed by atoms with E-state index in [1.165, 1.54) is 23.1 Å². The second-order valence-corrected chi connectivity index (χ2v) is 9.57. The van der Waals surface area contributed by atoms with Crippen LogP contribution in [0.3, 0.4) is 0 Å². The standard InChI is InChI=1S/C25H25ClFN3O2S/c1-16-7-8-19(24(31)28-12-9-18-4-3-15-33-18)23(29-16)17-10-13-30(14-11-17)25(32)22-20(26)5-2-6-21(22)27/h2-8,15,17H,9-14H2,1H3,(H,28,31). The Morgan fingerprint density at radius 1 is 1.18 bits per heavy atom. The lowest BCUT2D eigenvalue weighted by molar-refractivity contribution is 0.0706. The highest BCUT2D eigenvalue weighted by molar-refractivity contribution is 7.09. The van der Waals surface area contributed by atoms with Crippen LogP contribution in [0.5, 0.6) is 0 Å². The number of rotatable bonds is 6. The fourth-order valence-electron chi connectivity index (χ4n) is 4.15. The molecule has 0 saturated carbocycles. The Hall–Kier alpha value is -2.77. The molecule has 2 aromatic heterocycles. The number of likely N-dealkylation sites (tertiary alicyclic amines) is 1. The van der Waals surface area contributed by atoms with Gasteiger partial charge >= 0.3 is 0 Å². The van der Waals surface area contributed by atoms with E-state index >= 15 is 0 Å². The van der Waals surface area contributed by atoms with E-state index in [9.17, 15) is 14.0 Å². The van der Waals surface area contributed by atoms with Crippen molar-refractivity contribution in [2.24, 2.45) is 0 Å². The molecule has 2 amide bonds. The maximum absolute atomic E-state index is 14.2. The Kier molecular flexibility index (Phi) is 7.40. The van der Waals surface area contributed by atoms with Gasteiger partial charge in [0.2, 0.25) is 0 Å². The molecule has 1 saturated heterocycles. The molecule has 33 heavy (non-hydrogen) atoms. The van der Waals surface area contributed by atoms with E-state index in [2.05, 4.69) is 16.4 Å². The molecule has 0 unspecified atom stereocenters. The fourth-order valence-corrected chi connectivity index (χ4v) is 5.10. The van der Waals surface area contributed by atoms with Crippen molar-refractivity contribution in [2.75, 3.05) is 19.6 Å². The monoisotopic (exact) mass is 485 g/mol. The molecule has 0 atom stereocenters. The van der Waals surface area contributed by atoms with Crippen LogP contribution in [0, 0.1) is 12.7 Å². The number of carbonyl (C=O) groups is 2. The van der Waals surface area contributed by atoms with Crippen molar-refractivity contribution in [2.45, 2.75) is 32.1 Å². The summed E-state index contributed by atoms with van der Waals surface area (Å²) >= 11 is 7.75. The number of nitrogens with one attached hydrogen (secondary N) is 1. The maximum Gasteiger partial charge on any atom is 0.258 e. The number of aromatic nitrogens is 1. The van der Waals surface area contributed by atoms with Gasteiger partial charge < -0.3 is 10.2 Å². The zero-order valence-electron chi connectivity index (χ0n) is 18.3. The van der Waals surface area contributed by atoms with Crippen LogP contribution in [-0.4, -0.2) is 41.3 Å². The predicted molar refractivity (Wildman–Crippen MR) is 129 cm³/mol. The highest BCUT2D eigenvalue weighted by atomic mass is 35.5. The first kappa shape index (κ1) is 23.4. The second-order valence-electron chi connectivity index (χ2n) is 8.13. The minimum absolute atomic E-state index is 0.0445. The average molecular weight is 486 g/mol. The number of aryl methyl sites for hydroxylation is 1. The van der Waals surface area contributed by atoms with Crippen molar-refractivity contribution < 1.29 is 14.0 Å². The van der Waals surface area contributed by atoms with Crippen LogP contribution < -0.4 is 5.32 Å². The lowest BCUT2D eigenvalue weighted by Crippen LogP contribution is -2.39. The van der Waals surface area contributed by atoms with Gasteiger partial charge in [0.05, 0.1) is 21.8 Å². The van der Waals surface area contributed by atoms with Crippen LogP contribution in [0.1, 0.15) is 55.7 Å². The number of hydrogen-bond donors (Lipinski definition) is 1. The third kappa shape index (κ3) is 5.42. The molecule has 0 spiro atoms. The molecule has 5 nitrogen and oxygen atoms in total. The first-order valence-corrected chi connectivity index (χ1v) is 12.2. The Balaban J connectivity index is 1.43. The number of halogens is 2. The maximum atomic E-state index is 14.2. The second kappa shape index (κ2) is 10.4. The number of nitrogens with zero attached hydrogens (tertiary/aromatic N) is 2. The summed E-state index contributed by atoms with van der Waals surface area (Å²) in [6.07, 6.45) is 2.07. The molecule has 3 heterocycles. The molecule has 1 N–H and O–H groups in total. The molecule has 3 aromatic rings. The topological polar surface area (TPSA) is 62.3 Å². The molecule has 1 aliphatic rings. The average Bonchev–Trinajstić information content (AvgIpc) is 3.32. The summed E-state index contributed by atoms with van der Waals surface area (Å²) in [6.45, 7) is 3.36. The SMILES string of the molecule is Cc1ccc(C(=O)NCCc2cccs2)c(C2CCN(C(=O)c3c(F)cccc3Cl)CC2)n1. The van der Waals surface area contributed by atoms with Gasteiger partial charge in [0, 0.05) is 36.1 Å². The summed E-state index contributed by atoms with van der Waals surface area (Å²) < 4.78 is 14.2. The fraction of sp³-hybridized carbons (Fsp3) is 0.320. The normalized spacial score (nSPS) is 14.3. The van der Waals surface area contributed by atoms with E-state index < -0.39 is 11.7 Å². The first-order valence-electron chi connectivity index (χ1n) is 11.0. The van der Waals surface area contributed by atoms with Crippen LogP contribution in [0.4, 0.5) is 4.39 Å².